The lowest BCUT2D eigenvalue weighted by Crippen LogP contribution is -2.31. The summed E-state index contributed by atoms with van der Waals surface area (Å²) in [5.74, 6) is -2.40. The second-order valence-corrected chi connectivity index (χ2v) is 5.25. The van der Waals surface area contributed by atoms with E-state index in [4.69, 9.17) is 4.74 Å². The third-order valence-corrected chi connectivity index (χ3v) is 3.35. The van der Waals surface area contributed by atoms with Crippen LogP contribution in [-0.2, 0) is 4.74 Å². The summed E-state index contributed by atoms with van der Waals surface area (Å²) in [7, 11) is 1.53. The molecule has 1 rings (SSSR count). The van der Waals surface area contributed by atoms with Crippen molar-refractivity contribution in [3.05, 3.63) is 29.8 Å². The summed E-state index contributed by atoms with van der Waals surface area (Å²) >= 11 is 0.533. The number of hydrogen-bond acceptors (Lipinski definition) is 4. The zero-order valence-electron chi connectivity index (χ0n) is 11.0. The van der Waals surface area contributed by atoms with Gasteiger partial charge >= 0.3 is 0 Å². The Labute approximate surface area is 116 Å². The quantitative estimate of drug-likeness (QED) is 0.723. The lowest BCUT2D eigenvalue weighted by atomic mass is 10.1. The molecule has 108 valence electrons. The lowest BCUT2D eigenvalue weighted by Gasteiger charge is -2.17. The first kappa shape index (κ1) is 16.4. The summed E-state index contributed by atoms with van der Waals surface area (Å²) < 4.78 is 29.2. The first-order valence-corrected chi connectivity index (χ1v) is 6.86. The Bertz CT molecular complexity index is 362. The first-order valence-electron chi connectivity index (χ1n) is 5.98. The highest BCUT2D eigenvalue weighted by atomic mass is 32.2. The van der Waals surface area contributed by atoms with Crippen molar-refractivity contribution in [2.45, 2.75) is 29.7 Å². The van der Waals surface area contributed by atoms with Crippen LogP contribution < -0.4 is 5.32 Å². The molecule has 3 nitrogen and oxygen atoms in total. The summed E-state index contributed by atoms with van der Waals surface area (Å²) in [5, 5.41) is 12.7. The second-order valence-electron chi connectivity index (χ2n) is 4.19. The summed E-state index contributed by atoms with van der Waals surface area (Å²) in [6.45, 7) is 2.65. The van der Waals surface area contributed by atoms with Gasteiger partial charge in [-0.05, 0) is 24.6 Å². The molecule has 0 saturated heterocycles. The molecule has 2 unspecified atom stereocenters. The normalized spacial score (nSPS) is 14.6. The van der Waals surface area contributed by atoms with Crippen molar-refractivity contribution in [2.75, 3.05) is 20.3 Å². The van der Waals surface area contributed by atoms with E-state index in [2.05, 4.69) is 5.32 Å². The SMILES string of the molecule is COCC(O)CNC(C)c1ccc(SC(F)F)cc1. The molecule has 0 aromatic heterocycles. The van der Waals surface area contributed by atoms with Crippen molar-refractivity contribution in [1.29, 1.82) is 0 Å². The van der Waals surface area contributed by atoms with Gasteiger partial charge in [-0.15, -0.1) is 0 Å². The minimum atomic E-state index is -2.40. The molecule has 0 fully saturated rings. The number of ether oxygens (including phenoxy) is 1. The maximum absolute atomic E-state index is 12.2. The molecule has 0 spiro atoms. The fourth-order valence-electron chi connectivity index (χ4n) is 1.62. The Morgan fingerprint density at radius 3 is 2.47 bits per heavy atom. The molecule has 0 aliphatic heterocycles. The summed E-state index contributed by atoms with van der Waals surface area (Å²) in [6, 6.07) is 7.01. The van der Waals surface area contributed by atoms with Crippen molar-refractivity contribution in [2.24, 2.45) is 0 Å². The highest BCUT2D eigenvalue weighted by Gasteiger charge is 2.10. The topological polar surface area (TPSA) is 41.5 Å². The first-order chi connectivity index (χ1) is 9.02. The Hall–Kier alpha value is -0.690. The van der Waals surface area contributed by atoms with Crippen LogP contribution in [0.4, 0.5) is 8.78 Å². The molecule has 0 heterocycles. The number of methoxy groups -OCH3 is 1. The van der Waals surface area contributed by atoms with E-state index in [9.17, 15) is 13.9 Å². The highest BCUT2D eigenvalue weighted by Crippen LogP contribution is 2.26. The molecule has 0 amide bonds. The van der Waals surface area contributed by atoms with E-state index < -0.39 is 11.9 Å². The van der Waals surface area contributed by atoms with Gasteiger partial charge in [0.1, 0.15) is 0 Å². The molecule has 0 saturated carbocycles. The van der Waals surface area contributed by atoms with Gasteiger partial charge < -0.3 is 15.2 Å². The molecule has 0 bridgehead atoms. The molecule has 6 heteroatoms. The Morgan fingerprint density at radius 1 is 1.32 bits per heavy atom. The Balaban J connectivity index is 2.46. The molecule has 19 heavy (non-hydrogen) atoms. The number of rotatable bonds is 8. The molecule has 2 N–H and O–H groups in total. The third-order valence-electron chi connectivity index (χ3n) is 2.62. The standard InChI is InChI=1S/C13H19F2NO2S/c1-9(16-7-11(17)8-18-2)10-3-5-12(6-4-10)19-13(14)15/h3-6,9,11,13,16-17H,7-8H2,1-2H3. The zero-order valence-corrected chi connectivity index (χ0v) is 11.8. The average molecular weight is 291 g/mol. The number of aliphatic hydroxyl groups excluding tert-OH is 1. The Kier molecular flexibility index (Phi) is 7.30. The van der Waals surface area contributed by atoms with Gasteiger partial charge in [-0.2, -0.15) is 8.78 Å². The summed E-state index contributed by atoms with van der Waals surface area (Å²) in [4.78, 5) is 0.547. The van der Waals surface area contributed by atoms with Gasteiger partial charge in [0.15, 0.2) is 0 Å². The second kappa shape index (κ2) is 8.47. The fraction of sp³-hybridized carbons (Fsp3) is 0.538. The van der Waals surface area contributed by atoms with E-state index in [0.29, 0.717) is 23.2 Å². The molecule has 2 atom stereocenters. The predicted octanol–water partition coefficient (Wildman–Crippen LogP) is 2.66. The minimum absolute atomic E-state index is 0.0390. The number of nitrogens with one attached hydrogen (secondary N) is 1. The van der Waals surface area contributed by atoms with Crippen LogP contribution >= 0.6 is 11.8 Å². The molecule has 0 aliphatic rings. The molecule has 1 aromatic rings. The van der Waals surface area contributed by atoms with Crippen LogP contribution in [0.3, 0.4) is 0 Å². The largest absolute Gasteiger partial charge is 0.389 e. The van der Waals surface area contributed by atoms with Crippen LogP contribution in [-0.4, -0.2) is 37.2 Å². The number of alkyl halides is 2. The van der Waals surface area contributed by atoms with Crippen LogP contribution in [0, 0.1) is 0 Å². The van der Waals surface area contributed by atoms with Gasteiger partial charge in [0.05, 0.1) is 12.7 Å². The number of thioether (sulfide) groups is 1. The van der Waals surface area contributed by atoms with E-state index in [1.54, 1.807) is 12.1 Å². The molecule has 1 aromatic carbocycles. The number of halogens is 2. The monoisotopic (exact) mass is 291 g/mol. The molecule has 0 radical (unpaired) electrons. The summed E-state index contributed by atoms with van der Waals surface area (Å²) in [6.07, 6.45) is -0.555. The molecular formula is C13H19F2NO2S. The Morgan fingerprint density at radius 2 is 1.95 bits per heavy atom. The van der Waals surface area contributed by atoms with Crippen LogP contribution in [0.25, 0.3) is 0 Å². The number of aliphatic hydroxyl groups is 1. The zero-order chi connectivity index (χ0) is 14.3. The van der Waals surface area contributed by atoms with Crippen molar-refractivity contribution in [3.63, 3.8) is 0 Å². The molecule has 0 aliphatic carbocycles. The van der Waals surface area contributed by atoms with Crippen LogP contribution in [0.15, 0.2) is 29.2 Å². The highest BCUT2D eigenvalue weighted by molar-refractivity contribution is 7.99. The predicted molar refractivity (Wildman–Crippen MR) is 72.6 cm³/mol. The van der Waals surface area contributed by atoms with Gasteiger partial charge in [0, 0.05) is 24.6 Å². The number of hydrogen-bond donors (Lipinski definition) is 2. The van der Waals surface area contributed by atoms with Crippen molar-refractivity contribution >= 4 is 11.8 Å². The van der Waals surface area contributed by atoms with E-state index in [1.807, 2.05) is 19.1 Å². The van der Waals surface area contributed by atoms with Crippen LogP contribution in [0.2, 0.25) is 0 Å². The van der Waals surface area contributed by atoms with E-state index in [-0.39, 0.29) is 12.6 Å². The average Bonchev–Trinajstić information content (AvgIpc) is 2.36. The van der Waals surface area contributed by atoms with Crippen molar-refractivity contribution in [1.82, 2.24) is 5.32 Å². The van der Waals surface area contributed by atoms with Gasteiger partial charge in [-0.3, -0.25) is 0 Å². The van der Waals surface area contributed by atoms with Crippen LogP contribution in [0.5, 0.6) is 0 Å². The van der Waals surface area contributed by atoms with E-state index in [0.717, 1.165) is 5.56 Å². The minimum Gasteiger partial charge on any atom is -0.389 e. The third kappa shape index (κ3) is 6.33. The van der Waals surface area contributed by atoms with E-state index >= 15 is 0 Å². The van der Waals surface area contributed by atoms with Gasteiger partial charge in [0.25, 0.3) is 5.76 Å². The maximum Gasteiger partial charge on any atom is 0.288 e. The van der Waals surface area contributed by atoms with Crippen molar-refractivity contribution < 1.29 is 18.6 Å². The summed E-state index contributed by atoms with van der Waals surface area (Å²) in [5.41, 5.74) is 0.989. The lowest BCUT2D eigenvalue weighted by molar-refractivity contribution is 0.0630. The smallest absolute Gasteiger partial charge is 0.288 e. The maximum atomic E-state index is 12.2. The van der Waals surface area contributed by atoms with Crippen molar-refractivity contribution in [3.8, 4) is 0 Å². The van der Waals surface area contributed by atoms with Gasteiger partial charge in [-0.25, -0.2) is 0 Å². The number of benzene rings is 1. The van der Waals surface area contributed by atoms with Gasteiger partial charge in [-0.1, -0.05) is 23.9 Å². The fourth-order valence-corrected chi connectivity index (χ4v) is 2.12. The molecular weight excluding hydrogens is 272 g/mol. The van der Waals surface area contributed by atoms with E-state index in [1.165, 1.54) is 7.11 Å². The van der Waals surface area contributed by atoms with Gasteiger partial charge in [0.2, 0.25) is 0 Å². The van der Waals surface area contributed by atoms with Crippen LogP contribution in [0.1, 0.15) is 18.5 Å².